The molecule has 4 rings (SSSR count). The van der Waals surface area contributed by atoms with Crippen LogP contribution in [-0.2, 0) is 6.54 Å². The monoisotopic (exact) mass is 353 g/mol. The summed E-state index contributed by atoms with van der Waals surface area (Å²) in [7, 11) is 0. The second kappa shape index (κ2) is 8.31. The van der Waals surface area contributed by atoms with Gasteiger partial charge in [-0.05, 0) is 24.8 Å². The van der Waals surface area contributed by atoms with Crippen LogP contribution < -0.4 is 0 Å². The summed E-state index contributed by atoms with van der Waals surface area (Å²) in [6.07, 6.45) is 8.46. The number of piperazine rings is 1. The van der Waals surface area contributed by atoms with Crippen molar-refractivity contribution in [2.24, 2.45) is 0 Å². The molecule has 1 aromatic carbocycles. The Kier molecular flexibility index (Phi) is 5.65. The Morgan fingerprint density at radius 3 is 2.50 bits per heavy atom. The molecule has 2 fully saturated rings. The molecule has 1 aromatic heterocycles. The Morgan fingerprint density at radius 2 is 1.85 bits per heavy atom. The van der Waals surface area contributed by atoms with E-state index in [1.165, 1.54) is 44.3 Å². The fourth-order valence-corrected chi connectivity index (χ4v) is 4.34. The van der Waals surface area contributed by atoms with Crippen molar-refractivity contribution in [3.63, 3.8) is 0 Å². The maximum absolute atomic E-state index is 4.55. The Bertz CT molecular complexity index is 671. The summed E-state index contributed by atoms with van der Waals surface area (Å²) in [4.78, 5) is 5.35. The van der Waals surface area contributed by atoms with E-state index in [-0.39, 0.29) is 0 Å². The molecule has 1 atom stereocenters. The molecule has 2 aliphatic rings. The van der Waals surface area contributed by atoms with E-state index >= 15 is 0 Å². The molecule has 1 saturated carbocycles. The Balaban J connectivity index is 1.46. The fraction of sp³-hybridized carbons (Fsp3) is 0.619. The summed E-state index contributed by atoms with van der Waals surface area (Å²) >= 11 is 0. The largest absolute Gasteiger partial charge is 0.312 e. The van der Waals surface area contributed by atoms with Gasteiger partial charge >= 0.3 is 0 Å². The van der Waals surface area contributed by atoms with Crippen molar-refractivity contribution >= 4 is 0 Å². The van der Waals surface area contributed by atoms with Crippen LogP contribution in [-0.4, -0.2) is 56.8 Å². The molecule has 5 nitrogen and oxygen atoms in total. The molecule has 2 heterocycles. The van der Waals surface area contributed by atoms with Crippen LogP contribution in [0.15, 0.2) is 36.7 Å². The zero-order chi connectivity index (χ0) is 17.8. The first kappa shape index (κ1) is 17.7. The van der Waals surface area contributed by atoms with Gasteiger partial charge < -0.3 is 4.57 Å². The quantitative estimate of drug-likeness (QED) is 0.765. The van der Waals surface area contributed by atoms with Crippen molar-refractivity contribution in [2.75, 3.05) is 26.2 Å². The summed E-state index contributed by atoms with van der Waals surface area (Å²) in [5.41, 5.74) is 1.30. The number of rotatable bonds is 7. The van der Waals surface area contributed by atoms with Gasteiger partial charge in [-0.15, -0.1) is 10.2 Å². The standard InChI is InChI=1S/C21H31N5/c1-2-7-20(25-14-12-24(13-15-25)19-10-6-11-19)21-23-22-17-26(21)16-18-8-4-3-5-9-18/h3-5,8-9,17,19-20H,2,6-7,10-16H2,1H3. The van der Waals surface area contributed by atoms with Gasteiger partial charge in [-0.3, -0.25) is 9.80 Å². The van der Waals surface area contributed by atoms with Crippen LogP contribution in [0, 0.1) is 0 Å². The van der Waals surface area contributed by atoms with Crippen molar-refractivity contribution in [2.45, 2.75) is 57.7 Å². The smallest absolute Gasteiger partial charge is 0.150 e. The average molecular weight is 354 g/mol. The molecule has 26 heavy (non-hydrogen) atoms. The lowest BCUT2D eigenvalue weighted by Gasteiger charge is -2.44. The first-order valence-electron chi connectivity index (χ1n) is 10.2. The van der Waals surface area contributed by atoms with Gasteiger partial charge in [0.1, 0.15) is 6.33 Å². The molecule has 0 bridgehead atoms. The highest BCUT2D eigenvalue weighted by Gasteiger charge is 2.32. The lowest BCUT2D eigenvalue weighted by Crippen LogP contribution is -2.53. The lowest BCUT2D eigenvalue weighted by atomic mass is 9.91. The number of benzene rings is 1. The van der Waals surface area contributed by atoms with Crippen LogP contribution in [0.5, 0.6) is 0 Å². The van der Waals surface area contributed by atoms with Crippen LogP contribution in [0.4, 0.5) is 0 Å². The molecule has 0 radical (unpaired) electrons. The van der Waals surface area contributed by atoms with Crippen molar-refractivity contribution in [3.05, 3.63) is 48.0 Å². The molecular formula is C21H31N5. The van der Waals surface area contributed by atoms with Gasteiger partial charge in [0.25, 0.3) is 0 Å². The third-order valence-electron chi connectivity index (χ3n) is 6.08. The van der Waals surface area contributed by atoms with E-state index in [9.17, 15) is 0 Å². The lowest BCUT2D eigenvalue weighted by molar-refractivity contribution is 0.0375. The van der Waals surface area contributed by atoms with Gasteiger partial charge in [0.15, 0.2) is 5.82 Å². The summed E-state index contributed by atoms with van der Waals surface area (Å²) in [5, 5.41) is 8.80. The van der Waals surface area contributed by atoms with Crippen LogP contribution in [0.3, 0.4) is 0 Å². The molecule has 140 valence electrons. The summed E-state index contributed by atoms with van der Waals surface area (Å²) in [5.74, 6) is 1.13. The molecule has 0 spiro atoms. The predicted octanol–water partition coefficient (Wildman–Crippen LogP) is 3.34. The number of hydrogen-bond donors (Lipinski definition) is 0. The van der Waals surface area contributed by atoms with E-state index in [0.29, 0.717) is 6.04 Å². The molecule has 1 aliphatic carbocycles. The van der Waals surface area contributed by atoms with E-state index in [1.807, 2.05) is 6.33 Å². The zero-order valence-electron chi connectivity index (χ0n) is 15.9. The second-order valence-electron chi connectivity index (χ2n) is 7.76. The van der Waals surface area contributed by atoms with Crippen molar-refractivity contribution in [1.29, 1.82) is 0 Å². The maximum Gasteiger partial charge on any atom is 0.150 e. The highest BCUT2D eigenvalue weighted by atomic mass is 15.3. The molecule has 1 saturated heterocycles. The molecular weight excluding hydrogens is 322 g/mol. The Hall–Kier alpha value is -1.72. The van der Waals surface area contributed by atoms with E-state index in [1.54, 1.807) is 0 Å². The topological polar surface area (TPSA) is 37.2 Å². The minimum Gasteiger partial charge on any atom is -0.312 e. The van der Waals surface area contributed by atoms with E-state index in [4.69, 9.17) is 0 Å². The SMILES string of the molecule is CCCC(c1nncn1Cc1ccccc1)N1CCN(C2CCC2)CC1. The van der Waals surface area contributed by atoms with Crippen molar-refractivity contribution < 1.29 is 0 Å². The number of aromatic nitrogens is 3. The zero-order valence-corrected chi connectivity index (χ0v) is 15.9. The van der Waals surface area contributed by atoms with E-state index in [2.05, 4.69) is 61.8 Å². The first-order valence-corrected chi connectivity index (χ1v) is 10.2. The van der Waals surface area contributed by atoms with Gasteiger partial charge in [-0.25, -0.2) is 0 Å². The molecule has 0 amide bonds. The van der Waals surface area contributed by atoms with E-state index < -0.39 is 0 Å². The van der Waals surface area contributed by atoms with Crippen LogP contribution >= 0.6 is 0 Å². The minimum absolute atomic E-state index is 0.384. The fourth-order valence-electron chi connectivity index (χ4n) is 4.34. The van der Waals surface area contributed by atoms with E-state index in [0.717, 1.165) is 37.9 Å². The van der Waals surface area contributed by atoms with Crippen molar-refractivity contribution in [1.82, 2.24) is 24.6 Å². The normalized spacial score (nSPS) is 20.8. The minimum atomic E-state index is 0.384. The van der Waals surface area contributed by atoms with Gasteiger partial charge in [0.2, 0.25) is 0 Å². The average Bonchev–Trinajstić information content (AvgIpc) is 3.08. The summed E-state index contributed by atoms with van der Waals surface area (Å²) in [6.45, 7) is 7.84. The van der Waals surface area contributed by atoms with Crippen molar-refractivity contribution in [3.8, 4) is 0 Å². The van der Waals surface area contributed by atoms with Gasteiger partial charge in [0.05, 0.1) is 12.6 Å². The molecule has 5 heteroatoms. The highest BCUT2D eigenvalue weighted by molar-refractivity contribution is 5.16. The molecule has 0 N–H and O–H groups in total. The number of hydrogen-bond acceptors (Lipinski definition) is 4. The Morgan fingerprint density at radius 1 is 1.08 bits per heavy atom. The van der Waals surface area contributed by atoms with Crippen LogP contribution in [0.1, 0.15) is 56.5 Å². The second-order valence-corrected chi connectivity index (χ2v) is 7.76. The van der Waals surface area contributed by atoms with Crippen LogP contribution in [0.25, 0.3) is 0 Å². The summed E-state index contributed by atoms with van der Waals surface area (Å²) in [6, 6.07) is 11.9. The summed E-state index contributed by atoms with van der Waals surface area (Å²) < 4.78 is 2.24. The predicted molar refractivity (Wildman–Crippen MR) is 104 cm³/mol. The van der Waals surface area contributed by atoms with Gasteiger partial charge in [-0.2, -0.15) is 0 Å². The van der Waals surface area contributed by atoms with Gasteiger partial charge in [-0.1, -0.05) is 50.1 Å². The molecule has 2 aromatic rings. The third kappa shape index (κ3) is 3.84. The number of nitrogens with zero attached hydrogens (tertiary/aromatic N) is 5. The molecule has 1 aliphatic heterocycles. The molecule has 1 unspecified atom stereocenters. The van der Waals surface area contributed by atoms with Crippen LogP contribution in [0.2, 0.25) is 0 Å². The van der Waals surface area contributed by atoms with Gasteiger partial charge in [0, 0.05) is 32.2 Å². The highest BCUT2D eigenvalue weighted by Crippen LogP contribution is 2.29. The third-order valence-corrected chi connectivity index (χ3v) is 6.08. The first-order chi connectivity index (χ1) is 12.8. The Labute approximate surface area is 157 Å². The maximum atomic E-state index is 4.55.